The van der Waals surface area contributed by atoms with Crippen LogP contribution in [0.4, 0.5) is 10.1 Å². The number of fused-ring (bicyclic) bond motifs is 1. The van der Waals surface area contributed by atoms with E-state index in [0.717, 1.165) is 81.0 Å². The Labute approximate surface area is 234 Å². The Hall–Kier alpha value is -4.37. The second-order valence-corrected chi connectivity index (χ2v) is 10.3. The molecule has 1 aromatic carbocycles. The number of rotatable bonds is 10. The molecular weight excluding hydrogens is 503 g/mol. The molecule has 0 aliphatic carbocycles. The van der Waals surface area contributed by atoms with Crippen molar-refractivity contribution >= 4 is 22.3 Å². The van der Waals surface area contributed by atoms with Gasteiger partial charge in [0.1, 0.15) is 5.82 Å². The lowest BCUT2D eigenvalue weighted by Crippen LogP contribution is -2.20. The fourth-order valence-corrected chi connectivity index (χ4v) is 4.71. The fraction of sp³-hybridized carbons (Fsp3) is 0.290. The van der Waals surface area contributed by atoms with Crippen LogP contribution >= 0.6 is 0 Å². The molecule has 4 aromatic heterocycles. The van der Waals surface area contributed by atoms with Crippen molar-refractivity contribution in [1.29, 1.82) is 0 Å². The largest absolute Gasteiger partial charge is 0.384 e. The van der Waals surface area contributed by atoms with Crippen LogP contribution in [-0.4, -0.2) is 69.1 Å². The lowest BCUT2D eigenvalue weighted by Gasteiger charge is -2.13. The number of aryl methyl sites for hydroxylation is 2. The van der Waals surface area contributed by atoms with Gasteiger partial charge in [-0.05, 0) is 68.9 Å². The van der Waals surface area contributed by atoms with E-state index in [1.165, 1.54) is 6.07 Å². The second kappa shape index (κ2) is 11.8. The SMILES string of the molecule is CCC/N=C(/c1cc2c(-c3cc(F)cc(NCCN(C)C)c3)cncc2[nH]1)c1cc(-c2cnn(C)c2)ncc1C. The Kier molecular flexibility index (Phi) is 8.02. The smallest absolute Gasteiger partial charge is 0.125 e. The number of hydrogen-bond donors (Lipinski definition) is 2. The molecule has 0 unspecified atom stereocenters. The van der Waals surface area contributed by atoms with Crippen molar-refractivity contribution in [2.75, 3.05) is 39.0 Å². The van der Waals surface area contributed by atoms with Gasteiger partial charge >= 0.3 is 0 Å². The highest BCUT2D eigenvalue weighted by atomic mass is 19.1. The van der Waals surface area contributed by atoms with Crippen LogP contribution in [0.3, 0.4) is 0 Å². The Morgan fingerprint density at radius 2 is 1.93 bits per heavy atom. The predicted octanol–water partition coefficient (Wildman–Crippen LogP) is 5.69. The first-order chi connectivity index (χ1) is 19.3. The zero-order valence-corrected chi connectivity index (χ0v) is 23.7. The molecule has 0 saturated carbocycles. The number of pyridine rings is 2. The van der Waals surface area contributed by atoms with Gasteiger partial charge in [0.15, 0.2) is 0 Å². The highest BCUT2D eigenvalue weighted by Crippen LogP contribution is 2.32. The minimum absolute atomic E-state index is 0.293. The Morgan fingerprint density at radius 3 is 2.67 bits per heavy atom. The number of nitrogens with zero attached hydrogens (tertiary/aromatic N) is 6. The van der Waals surface area contributed by atoms with Crippen molar-refractivity contribution in [3.05, 3.63) is 84.0 Å². The van der Waals surface area contributed by atoms with Crippen LogP contribution < -0.4 is 5.32 Å². The van der Waals surface area contributed by atoms with Crippen LogP contribution in [0.1, 0.15) is 30.2 Å². The molecule has 0 aliphatic rings. The molecule has 2 N–H and O–H groups in total. The first kappa shape index (κ1) is 27.2. The van der Waals surface area contributed by atoms with Gasteiger partial charge in [0.2, 0.25) is 0 Å². The molecule has 0 amide bonds. The van der Waals surface area contributed by atoms with E-state index in [9.17, 15) is 4.39 Å². The first-order valence-electron chi connectivity index (χ1n) is 13.5. The summed E-state index contributed by atoms with van der Waals surface area (Å²) in [6, 6.07) is 9.22. The average Bonchev–Trinajstić information content (AvgIpc) is 3.55. The van der Waals surface area contributed by atoms with Crippen molar-refractivity contribution in [3.63, 3.8) is 0 Å². The molecule has 0 spiro atoms. The van der Waals surface area contributed by atoms with Crippen molar-refractivity contribution in [2.24, 2.45) is 12.0 Å². The van der Waals surface area contributed by atoms with Gasteiger partial charge in [0, 0.05) is 73.0 Å². The number of benzene rings is 1. The van der Waals surface area contributed by atoms with Crippen LogP contribution in [0.5, 0.6) is 0 Å². The minimum atomic E-state index is -0.293. The number of aromatic nitrogens is 5. The molecule has 0 aliphatic heterocycles. The molecular formula is C31H35FN8. The van der Waals surface area contributed by atoms with Crippen LogP contribution in [0, 0.1) is 12.7 Å². The molecule has 0 atom stereocenters. The molecule has 8 nitrogen and oxygen atoms in total. The molecule has 206 valence electrons. The summed E-state index contributed by atoms with van der Waals surface area (Å²) in [5.41, 5.74) is 8.78. The van der Waals surface area contributed by atoms with Gasteiger partial charge in [-0.15, -0.1) is 0 Å². The van der Waals surface area contributed by atoms with E-state index in [0.29, 0.717) is 6.54 Å². The van der Waals surface area contributed by atoms with Crippen LogP contribution in [0.2, 0.25) is 0 Å². The number of aromatic amines is 1. The summed E-state index contributed by atoms with van der Waals surface area (Å²) in [5, 5.41) is 8.59. The minimum Gasteiger partial charge on any atom is -0.384 e. The fourth-order valence-electron chi connectivity index (χ4n) is 4.71. The quantitative estimate of drug-likeness (QED) is 0.223. The molecule has 0 bridgehead atoms. The van der Waals surface area contributed by atoms with Gasteiger partial charge < -0.3 is 15.2 Å². The van der Waals surface area contributed by atoms with Crippen LogP contribution in [0.15, 0.2) is 66.3 Å². The van der Waals surface area contributed by atoms with Gasteiger partial charge in [0.25, 0.3) is 0 Å². The molecule has 0 radical (unpaired) electrons. The van der Waals surface area contributed by atoms with Crippen LogP contribution in [0.25, 0.3) is 33.3 Å². The first-order valence-corrected chi connectivity index (χ1v) is 13.5. The van der Waals surface area contributed by atoms with Gasteiger partial charge in [-0.3, -0.25) is 19.6 Å². The predicted molar refractivity (Wildman–Crippen MR) is 161 cm³/mol. The molecule has 40 heavy (non-hydrogen) atoms. The Bertz CT molecular complexity index is 1660. The average molecular weight is 539 g/mol. The van der Waals surface area contributed by atoms with E-state index >= 15 is 0 Å². The summed E-state index contributed by atoms with van der Waals surface area (Å²) in [6.45, 7) is 6.41. The zero-order valence-electron chi connectivity index (χ0n) is 23.7. The second-order valence-electron chi connectivity index (χ2n) is 10.3. The lowest BCUT2D eigenvalue weighted by atomic mass is 10.00. The number of halogens is 1. The van der Waals surface area contributed by atoms with Crippen molar-refractivity contribution in [2.45, 2.75) is 20.3 Å². The molecule has 5 rings (SSSR count). The van der Waals surface area contributed by atoms with E-state index in [4.69, 9.17) is 4.99 Å². The number of aliphatic imine (C=N–C) groups is 1. The summed E-state index contributed by atoms with van der Waals surface area (Å²) < 4.78 is 16.5. The maximum Gasteiger partial charge on any atom is 0.125 e. The zero-order chi connectivity index (χ0) is 28.2. The van der Waals surface area contributed by atoms with Gasteiger partial charge in [-0.1, -0.05) is 6.92 Å². The van der Waals surface area contributed by atoms with Crippen LogP contribution in [-0.2, 0) is 7.05 Å². The van der Waals surface area contributed by atoms with E-state index in [1.54, 1.807) is 23.1 Å². The third-order valence-corrected chi connectivity index (χ3v) is 6.75. The third-order valence-electron chi connectivity index (χ3n) is 6.75. The normalized spacial score (nSPS) is 12.0. The number of H-pyrrole nitrogens is 1. The third kappa shape index (κ3) is 5.94. The lowest BCUT2D eigenvalue weighted by molar-refractivity contribution is 0.425. The molecule has 5 aromatic rings. The Morgan fingerprint density at radius 1 is 1.07 bits per heavy atom. The maximum atomic E-state index is 14.7. The topological polar surface area (TPSA) is 87.0 Å². The van der Waals surface area contributed by atoms with Crippen molar-refractivity contribution < 1.29 is 4.39 Å². The van der Waals surface area contributed by atoms with E-state index in [1.807, 2.05) is 52.7 Å². The standard InChI is InChI=1S/C31H35FN8/c1-6-7-35-31(25-13-28(36-15-20(25)2)22-16-37-40(5)19-22)29-14-26-27(17-33-18-30(26)38-29)21-10-23(32)12-24(11-21)34-8-9-39(3)4/h10-19,34,38H,6-9H2,1-5H3/b35-31+. The summed E-state index contributed by atoms with van der Waals surface area (Å²) in [4.78, 5) is 19.7. The Balaban J connectivity index is 1.57. The van der Waals surface area contributed by atoms with E-state index in [-0.39, 0.29) is 5.82 Å². The number of likely N-dealkylation sites (N-methyl/N-ethyl adjacent to an activating group) is 1. The highest BCUT2D eigenvalue weighted by molar-refractivity contribution is 6.15. The molecule has 0 saturated heterocycles. The summed E-state index contributed by atoms with van der Waals surface area (Å²) in [5.74, 6) is -0.293. The van der Waals surface area contributed by atoms with Gasteiger partial charge in [-0.25, -0.2) is 4.39 Å². The van der Waals surface area contributed by atoms with Crippen molar-refractivity contribution in [1.82, 2.24) is 29.6 Å². The number of nitrogens with one attached hydrogen (secondary N) is 2. The highest BCUT2D eigenvalue weighted by Gasteiger charge is 2.17. The maximum absolute atomic E-state index is 14.7. The van der Waals surface area contributed by atoms with E-state index in [2.05, 4.69) is 49.3 Å². The summed E-state index contributed by atoms with van der Waals surface area (Å²) in [7, 11) is 5.92. The van der Waals surface area contributed by atoms with E-state index < -0.39 is 0 Å². The van der Waals surface area contributed by atoms with Gasteiger partial charge in [0.05, 0.1) is 35.0 Å². The number of hydrogen-bond acceptors (Lipinski definition) is 6. The molecule has 9 heteroatoms. The summed E-state index contributed by atoms with van der Waals surface area (Å²) >= 11 is 0. The van der Waals surface area contributed by atoms with Gasteiger partial charge in [-0.2, -0.15) is 5.10 Å². The molecule has 4 heterocycles. The van der Waals surface area contributed by atoms with Crippen molar-refractivity contribution in [3.8, 4) is 22.4 Å². The monoisotopic (exact) mass is 538 g/mol. The molecule has 0 fully saturated rings. The number of anilines is 1. The summed E-state index contributed by atoms with van der Waals surface area (Å²) in [6.07, 6.45) is 10.2.